The fraction of sp³-hybridized carbons (Fsp3) is 0.222. The number of hydrogen-bond acceptors (Lipinski definition) is 0. The smallest absolute Gasteiger partial charge is 0.0139 e. The molecule has 0 atom stereocenters. The van der Waals surface area contributed by atoms with Crippen LogP contribution >= 0.6 is 22.6 Å². The van der Waals surface area contributed by atoms with Crippen LogP contribution in [0.2, 0.25) is 0 Å². The lowest BCUT2D eigenvalue weighted by Crippen LogP contribution is -2.12. The van der Waals surface area contributed by atoms with Crippen LogP contribution in [-0.2, 0) is 5.41 Å². The van der Waals surface area contributed by atoms with E-state index in [1.54, 1.807) is 0 Å². The molecular weight excluding hydrogens is 343 g/mol. The van der Waals surface area contributed by atoms with Crippen LogP contribution in [0.3, 0.4) is 0 Å². The van der Waals surface area contributed by atoms with Gasteiger partial charge in [0.05, 0.1) is 0 Å². The van der Waals surface area contributed by atoms with Gasteiger partial charge >= 0.3 is 0 Å². The molecule has 0 fully saturated rings. The van der Waals surface area contributed by atoms with Crippen molar-refractivity contribution in [2.24, 2.45) is 0 Å². The van der Waals surface area contributed by atoms with Crippen molar-refractivity contribution in [2.75, 3.05) is 0 Å². The van der Waals surface area contributed by atoms with Crippen molar-refractivity contribution >= 4 is 44.1 Å². The average molecular weight is 360 g/mol. The second-order valence-electron chi connectivity index (χ2n) is 6.12. The molecular formula is C18H17I. The molecule has 0 bridgehead atoms. The monoisotopic (exact) mass is 360 g/mol. The highest BCUT2D eigenvalue weighted by molar-refractivity contribution is 14.1. The summed E-state index contributed by atoms with van der Waals surface area (Å²) in [6.45, 7) is 6.85. The summed E-state index contributed by atoms with van der Waals surface area (Å²) in [5.74, 6) is 0. The highest BCUT2D eigenvalue weighted by Crippen LogP contribution is 2.34. The van der Waals surface area contributed by atoms with Gasteiger partial charge < -0.3 is 0 Å². The predicted molar refractivity (Wildman–Crippen MR) is 92.9 cm³/mol. The molecule has 0 amide bonds. The van der Waals surface area contributed by atoms with Crippen molar-refractivity contribution in [3.05, 3.63) is 57.7 Å². The Balaban J connectivity index is 2.46. The molecule has 0 aliphatic heterocycles. The lowest BCUT2D eigenvalue weighted by atomic mass is 9.83. The molecule has 0 saturated heterocycles. The highest BCUT2D eigenvalue weighted by atomic mass is 127. The molecule has 0 nitrogen and oxygen atoms in total. The van der Waals surface area contributed by atoms with Gasteiger partial charge in [0.25, 0.3) is 0 Å². The normalized spacial score (nSPS) is 12.2. The van der Waals surface area contributed by atoms with Gasteiger partial charge in [-0.1, -0.05) is 45.0 Å². The fourth-order valence-electron chi connectivity index (χ4n) is 2.64. The van der Waals surface area contributed by atoms with E-state index < -0.39 is 0 Å². The van der Waals surface area contributed by atoms with Crippen LogP contribution in [0.15, 0.2) is 48.5 Å². The highest BCUT2D eigenvalue weighted by Gasteiger charge is 2.17. The first-order chi connectivity index (χ1) is 8.95. The predicted octanol–water partition coefficient (Wildman–Crippen LogP) is 5.90. The van der Waals surface area contributed by atoms with Crippen LogP contribution in [0.25, 0.3) is 21.5 Å². The van der Waals surface area contributed by atoms with Gasteiger partial charge in [0.15, 0.2) is 0 Å². The first-order valence-electron chi connectivity index (χ1n) is 6.58. The molecule has 0 heterocycles. The Labute approximate surface area is 128 Å². The maximum absolute atomic E-state index is 2.42. The van der Waals surface area contributed by atoms with Crippen molar-refractivity contribution in [1.82, 2.24) is 0 Å². The summed E-state index contributed by atoms with van der Waals surface area (Å²) in [4.78, 5) is 0. The summed E-state index contributed by atoms with van der Waals surface area (Å²) in [7, 11) is 0. The zero-order valence-electron chi connectivity index (χ0n) is 11.5. The third-order valence-electron chi connectivity index (χ3n) is 3.59. The maximum atomic E-state index is 2.42. The quantitative estimate of drug-likeness (QED) is 0.346. The summed E-state index contributed by atoms with van der Waals surface area (Å²) in [6, 6.07) is 17.8. The third-order valence-corrected chi connectivity index (χ3v) is 4.21. The first kappa shape index (κ1) is 12.9. The SMILES string of the molecule is CC(C)(C)c1cc(I)cc2cc3ccccc3cc12. The molecule has 0 saturated carbocycles. The lowest BCUT2D eigenvalue weighted by Gasteiger charge is -2.22. The summed E-state index contributed by atoms with van der Waals surface area (Å²) >= 11 is 2.42. The molecule has 0 aliphatic carbocycles. The van der Waals surface area contributed by atoms with Gasteiger partial charge in [-0.2, -0.15) is 0 Å². The number of hydrogen-bond donors (Lipinski definition) is 0. The summed E-state index contributed by atoms with van der Waals surface area (Å²) < 4.78 is 1.31. The molecule has 0 unspecified atom stereocenters. The molecule has 3 aromatic rings. The van der Waals surface area contributed by atoms with Crippen molar-refractivity contribution in [1.29, 1.82) is 0 Å². The average Bonchev–Trinajstić information content (AvgIpc) is 2.34. The van der Waals surface area contributed by atoms with Crippen molar-refractivity contribution in [3.63, 3.8) is 0 Å². The van der Waals surface area contributed by atoms with Crippen LogP contribution in [0.4, 0.5) is 0 Å². The van der Waals surface area contributed by atoms with E-state index in [0.29, 0.717) is 0 Å². The third kappa shape index (κ3) is 2.36. The second kappa shape index (κ2) is 4.48. The Morgan fingerprint density at radius 2 is 1.42 bits per heavy atom. The standard InChI is InChI=1S/C18H17I/c1-18(2,3)17-11-15(19)9-14-8-12-6-4-5-7-13(12)10-16(14)17/h4-11H,1-3H3. The van der Waals surface area contributed by atoms with E-state index >= 15 is 0 Å². The summed E-state index contributed by atoms with van der Waals surface area (Å²) in [6.07, 6.45) is 0. The Kier molecular flexibility index (Phi) is 3.05. The molecule has 3 rings (SSSR count). The fourth-order valence-corrected chi connectivity index (χ4v) is 3.28. The number of halogens is 1. The van der Waals surface area contributed by atoms with Crippen LogP contribution in [0.1, 0.15) is 26.3 Å². The molecule has 96 valence electrons. The van der Waals surface area contributed by atoms with Gasteiger partial charge in [0, 0.05) is 3.57 Å². The summed E-state index contributed by atoms with van der Waals surface area (Å²) in [5, 5.41) is 5.36. The van der Waals surface area contributed by atoms with Gasteiger partial charge in [-0.15, -0.1) is 0 Å². The molecule has 0 aliphatic rings. The van der Waals surface area contributed by atoms with Crippen LogP contribution in [-0.4, -0.2) is 0 Å². The molecule has 0 N–H and O–H groups in total. The van der Waals surface area contributed by atoms with Crippen molar-refractivity contribution in [2.45, 2.75) is 26.2 Å². The zero-order chi connectivity index (χ0) is 13.6. The van der Waals surface area contributed by atoms with Gasteiger partial charge in [-0.05, 0) is 79.4 Å². The van der Waals surface area contributed by atoms with E-state index in [2.05, 4.69) is 91.9 Å². The minimum absolute atomic E-state index is 0.169. The Morgan fingerprint density at radius 1 is 0.789 bits per heavy atom. The van der Waals surface area contributed by atoms with Crippen LogP contribution < -0.4 is 0 Å². The van der Waals surface area contributed by atoms with Crippen molar-refractivity contribution in [3.8, 4) is 0 Å². The van der Waals surface area contributed by atoms with E-state index in [1.165, 1.54) is 30.7 Å². The molecule has 3 aromatic carbocycles. The topological polar surface area (TPSA) is 0 Å². The maximum Gasteiger partial charge on any atom is 0.0139 e. The van der Waals surface area contributed by atoms with E-state index in [9.17, 15) is 0 Å². The Morgan fingerprint density at radius 3 is 2.05 bits per heavy atom. The minimum atomic E-state index is 0.169. The van der Waals surface area contributed by atoms with Gasteiger partial charge in [-0.3, -0.25) is 0 Å². The van der Waals surface area contributed by atoms with Crippen molar-refractivity contribution < 1.29 is 0 Å². The Bertz CT molecular complexity index is 764. The first-order valence-corrected chi connectivity index (χ1v) is 7.65. The van der Waals surface area contributed by atoms with E-state index in [1.807, 2.05) is 0 Å². The van der Waals surface area contributed by atoms with Gasteiger partial charge in [0.1, 0.15) is 0 Å². The molecule has 0 radical (unpaired) electrons. The van der Waals surface area contributed by atoms with E-state index in [0.717, 1.165) is 0 Å². The molecule has 1 heteroatoms. The van der Waals surface area contributed by atoms with Crippen LogP contribution in [0, 0.1) is 3.57 Å². The lowest BCUT2D eigenvalue weighted by molar-refractivity contribution is 0.595. The summed E-state index contributed by atoms with van der Waals surface area (Å²) in [5.41, 5.74) is 1.60. The minimum Gasteiger partial charge on any atom is -0.0616 e. The number of rotatable bonds is 0. The van der Waals surface area contributed by atoms with Crippen LogP contribution in [0.5, 0.6) is 0 Å². The molecule has 19 heavy (non-hydrogen) atoms. The number of benzene rings is 3. The zero-order valence-corrected chi connectivity index (χ0v) is 13.7. The molecule has 0 aromatic heterocycles. The van der Waals surface area contributed by atoms with E-state index in [4.69, 9.17) is 0 Å². The van der Waals surface area contributed by atoms with Gasteiger partial charge in [-0.25, -0.2) is 0 Å². The van der Waals surface area contributed by atoms with Gasteiger partial charge in [0.2, 0.25) is 0 Å². The molecule has 0 spiro atoms. The second-order valence-corrected chi connectivity index (χ2v) is 7.37. The number of fused-ring (bicyclic) bond motifs is 2. The largest absolute Gasteiger partial charge is 0.0616 e. The van der Waals surface area contributed by atoms with E-state index in [-0.39, 0.29) is 5.41 Å². The Hall–Kier alpha value is -1.09.